The lowest BCUT2D eigenvalue weighted by molar-refractivity contribution is -0.142. The summed E-state index contributed by atoms with van der Waals surface area (Å²) in [5.41, 5.74) is -1.06. The van der Waals surface area contributed by atoms with Crippen LogP contribution in [0.5, 0.6) is 0 Å². The molecule has 1 saturated heterocycles. The summed E-state index contributed by atoms with van der Waals surface area (Å²) in [7, 11) is 0. The molecule has 136 valence electrons. The number of aromatic nitrogens is 3. The van der Waals surface area contributed by atoms with Crippen molar-refractivity contribution < 1.29 is 22.4 Å². The highest BCUT2D eigenvalue weighted by Crippen LogP contribution is 2.32. The van der Waals surface area contributed by atoms with Gasteiger partial charge in [-0.2, -0.15) is 18.3 Å². The Balaban J connectivity index is 1.82. The molecule has 0 unspecified atom stereocenters. The first-order chi connectivity index (χ1) is 12.4. The van der Waals surface area contributed by atoms with E-state index in [9.17, 15) is 18.0 Å². The summed E-state index contributed by atoms with van der Waals surface area (Å²) in [5.74, 6) is -0.161. The van der Waals surface area contributed by atoms with Gasteiger partial charge < -0.3 is 9.32 Å². The van der Waals surface area contributed by atoms with Gasteiger partial charge in [0.15, 0.2) is 22.8 Å². The van der Waals surface area contributed by atoms with E-state index in [-0.39, 0.29) is 28.7 Å². The largest absolute Gasteiger partial charge is 0.463 e. The molecule has 1 aliphatic rings. The lowest BCUT2D eigenvalue weighted by Crippen LogP contribution is -2.35. The van der Waals surface area contributed by atoms with Crippen LogP contribution < -0.4 is 0 Å². The Hall–Kier alpha value is -2.84. The molecule has 1 fully saturated rings. The Morgan fingerprint density at radius 1 is 1.15 bits per heavy atom. The van der Waals surface area contributed by atoms with Gasteiger partial charge in [-0.05, 0) is 37.5 Å². The second kappa shape index (κ2) is 6.15. The summed E-state index contributed by atoms with van der Waals surface area (Å²) >= 11 is 0. The van der Waals surface area contributed by atoms with Crippen LogP contribution in [0.3, 0.4) is 0 Å². The zero-order valence-corrected chi connectivity index (χ0v) is 13.7. The topological polar surface area (TPSA) is 63.6 Å². The SMILES string of the molecule is O=C(c1cc2nc(-c3ccco3)cc(C(F)(F)F)n2n1)N1CCCCC1. The summed E-state index contributed by atoms with van der Waals surface area (Å²) in [6.45, 7) is 1.17. The number of halogens is 3. The molecule has 0 spiro atoms. The smallest absolute Gasteiger partial charge is 0.433 e. The van der Waals surface area contributed by atoms with Crippen molar-refractivity contribution in [1.82, 2.24) is 19.5 Å². The van der Waals surface area contributed by atoms with Crippen molar-refractivity contribution in [3.05, 3.63) is 41.9 Å². The molecule has 1 amide bonds. The number of piperidine rings is 1. The molecule has 4 heterocycles. The fourth-order valence-corrected chi connectivity index (χ4v) is 3.09. The Labute approximate surface area is 146 Å². The van der Waals surface area contributed by atoms with E-state index in [1.807, 2.05) is 0 Å². The van der Waals surface area contributed by atoms with Crippen LogP contribution in [0.2, 0.25) is 0 Å². The van der Waals surface area contributed by atoms with Crippen molar-refractivity contribution in [2.75, 3.05) is 13.1 Å². The Kier molecular flexibility index (Phi) is 3.93. The Bertz CT molecular complexity index is 941. The molecule has 3 aromatic rings. The van der Waals surface area contributed by atoms with Crippen LogP contribution in [0, 0.1) is 0 Å². The maximum absolute atomic E-state index is 13.5. The zero-order chi connectivity index (χ0) is 18.3. The Morgan fingerprint density at radius 2 is 1.92 bits per heavy atom. The van der Waals surface area contributed by atoms with E-state index in [1.54, 1.807) is 11.0 Å². The van der Waals surface area contributed by atoms with Gasteiger partial charge in [-0.25, -0.2) is 9.50 Å². The minimum absolute atomic E-state index is 0.0340. The molecule has 0 radical (unpaired) electrons. The third-order valence-electron chi connectivity index (χ3n) is 4.35. The standard InChI is InChI=1S/C17H15F3N4O2/c18-17(19,20)14-9-11(13-5-4-8-26-13)21-15-10-12(22-24(14)15)16(25)23-6-2-1-3-7-23/h4-5,8-10H,1-3,6-7H2. The van der Waals surface area contributed by atoms with Crippen LogP contribution >= 0.6 is 0 Å². The predicted octanol–water partition coefficient (Wildman–Crippen LogP) is 3.63. The van der Waals surface area contributed by atoms with Crippen LogP contribution in [0.15, 0.2) is 34.9 Å². The van der Waals surface area contributed by atoms with Crippen LogP contribution in [0.4, 0.5) is 13.2 Å². The van der Waals surface area contributed by atoms with E-state index in [2.05, 4.69) is 10.1 Å². The third kappa shape index (κ3) is 2.93. The molecule has 4 rings (SSSR count). The average Bonchev–Trinajstić information content (AvgIpc) is 3.29. The second-order valence-electron chi connectivity index (χ2n) is 6.15. The van der Waals surface area contributed by atoms with E-state index in [4.69, 9.17) is 4.42 Å². The highest BCUT2D eigenvalue weighted by molar-refractivity contribution is 5.93. The van der Waals surface area contributed by atoms with Gasteiger partial charge in [0.05, 0.1) is 6.26 Å². The summed E-state index contributed by atoms with van der Waals surface area (Å²) in [4.78, 5) is 18.4. The fraction of sp³-hybridized carbons (Fsp3) is 0.353. The van der Waals surface area contributed by atoms with Gasteiger partial charge in [-0.1, -0.05) is 0 Å². The summed E-state index contributed by atoms with van der Waals surface area (Å²) < 4.78 is 46.3. The van der Waals surface area contributed by atoms with Crippen LogP contribution in [-0.4, -0.2) is 38.5 Å². The van der Waals surface area contributed by atoms with Gasteiger partial charge in [0.2, 0.25) is 0 Å². The number of furan rings is 1. The molecule has 0 aliphatic carbocycles. The first-order valence-corrected chi connectivity index (χ1v) is 8.25. The van der Waals surface area contributed by atoms with E-state index in [0.29, 0.717) is 17.6 Å². The number of hydrogen-bond donors (Lipinski definition) is 0. The molecule has 1 aliphatic heterocycles. The first kappa shape index (κ1) is 16.6. The maximum Gasteiger partial charge on any atom is 0.433 e. The average molecular weight is 364 g/mol. The molecule has 0 aromatic carbocycles. The number of fused-ring (bicyclic) bond motifs is 1. The number of carbonyl (C=O) groups is 1. The number of nitrogens with zero attached hydrogens (tertiary/aromatic N) is 4. The molecular weight excluding hydrogens is 349 g/mol. The maximum atomic E-state index is 13.5. The molecule has 0 N–H and O–H groups in total. The van der Waals surface area contributed by atoms with Crippen LogP contribution in [0.25, 0.3) is 17.1 Å². The van der Waals surface area contributed by atoms with Crippen molar-refractivity contribution in [3.8, 4) is 11.5 Å². The van der Waals surface area contributed by atoms with Gasteiger partial charge in [-0.15, -0.1) is 0 Å². The normalized spacial score (nSPS) is 15.6. The third-order valence-corrected chi connectivity index (χ3v) is 4.35. The molecule has 6 nitrogen and oxygen atoms in total. The molecular formula is C17H15F3N4O2. The number of carbonyl (C=O) groups excluding carboxylic acids is 1. The summed E-state index contributed by atoms with van der Waals surface area (Å²) in [6.07, 6.45) is -0.487. The number of alkyl halides is 3. The van der Waals surface area contributed by atoms with Crippen molar-refractivity contribution in [2.24, 2.45) is 0 Å². The van der Waals surface area contributed by atoms with Gasteiger partial charge >= 0.3 is 6.18 Å². The summed E-state index contributed by atoms with van der Waals surface area (Å²) in [6, 6.07) is 5.25. The molecule has 0 saturated carbocycles. The van der Waals surface area contributed by atoms with Crippen LogP contribution in [0.1, 0.15) is 35.4 Å². The van der Waals surface area contributed by atoms with Gasteiger partial charge in [0, 0.05) is 19.2 Å². The van der Waals surface area contributed by atoms with Gasteiger partial charge in [-0.3, -0.25) is 4.79 Å². The molecule has 0 bridgehead atoms. The van der Waals surface area contributed by atoms with E-state index in [1.165, 1.54) is 18.4 Å². The monoisotopic (exact) mass is 364 g/mol. The number of amides is 1. The fourth-order valence-electron chi connectivity index (χ4n) is 3.09. The van der Waals surface area contributed by atoms with Crippen molar-refractivity contribution in [1.29, 1.82) is 0 Å². The number of likely N-dealkylation sites (tertiary alicyclic amines) is 1. The highest BCUT2D eigenvalue weighted by Gasteiger charge is 2.36. The molecule has 26 heavy (non-hydrogen) atoms. The summed E-state index contributed by atoms with van der Waals surface area (Å²) in [5, 5.41) is 3.89. The minimum atomic E-state index is -4.65. The second-order valence-corrected chi connectivity index (χ2v) is 6.15. The number of rotatable bonds is 2. The van der Waals surface area contributed by atoms with E-state index < -0.39 is 11.9 Å². The van der Waals surface area contributed by atoms with E-state index >= 15 is 0 Å². The highest BCUT2D eigenvalue weighted by atomic mass is 19.4. The first-order valence-electron chi connectivity index (χ1n) is 8.25. The zero-order valence-electron chi connectivity index (χ0n) is 13.7. The number of hydrogen-bond acceptors (Lipinski definition) is 4. The van der Waals surface area contributed by atoms with Gasteiger partial charge in [0.25, 0.3) is 5.91 Å². The molecule has 3 aromatic heterocycles. The van der Waals surface area contributed by atoms with E-state index in [0.717, 1.165) is 25.3 Å². The van der Waals surface area contributed by atoms with Crippen molar-refractivity contribution in [3.63, 3.8) is 0 Å². The quantitative estimate of drug-likeness (QED) is 0.697. The predicted molar refractivity (Wildman–Crippen MR) is 85.4 cm³/mol. The van der Waals surface area contributed by atoms with Gasteiger partial charge in [0.1, 0.15) is 5.69 Å². The lowest BCUT2D eigenvalue weighted by atomic mass is 10.1. The van der Waals surface area contributed by atoms with Crippen molar-refractivity contribution in [2.45, 2.75) is 25.4 Å². The van der Waals surface area contributed by atoms with Crippen molar-refractivity contribution >= 4 is 11.6 Å². The Morgan fingerprint density at radius 3 is 2.58 bits per heavy atom. The molecule has 0 atom stereocenters. The van der Waals surface area contributed by atoms with Crippen LogP contribution in [-0.2, 0) is 6.18 Å². The molecule has 9 heteroatoms. The lowest BCUT2D eigenvalue weighted by Gasteiger charge is -2.25. The minimum Gasteiger partial charge on any atom is -0.463 e.